The summed E-state index contributed by atoms with van der Waals surface area (Å²) in [6.45, 7) is 15.3. The normalized spacial score (nSPS) is 13.9. The molecule has 1 aliphatic carbocycles. The predicted octanol–water partition coefficient (Wildman–Crippen LogP) is 11.9. The molecule has 0 unspecified atom stereocenters. The smallest absolute Gasteiger partial charge is 0.281 e. The first-order valence-electron chi connectivity index (χ1n) is 19.5. The number of aromatic nitrogens is 1. The number of rotatable bonds is 6. The highest BCUT2D eigenvalue weighted by molar-refractivity contribution is 6.98. The summed E-state index contributed by atoms with van der Waals surface area (Å²) >= 11 is 0. The van der Waals surface area contributed by atoms with E-state index in [1.54, 1.807) is 4.57 Å². The maximum Gasteiger partial charge on any atom is 0.281 e. The van der Waals surface area contributed by atoms with Gasteiger partial charge >= 0.3 is 0 Å². The van der Waals surface area contributed by atoms with Crippen LogP contribution in [0.5, 0.6) is 0 Å². The van der Waals surface area contributed by atoms with Gasteiger partial charge in [-0.3, -0.25) is 0 Å². The van der Waals surface area contributed by atoms with Gasteiger partial charge < -0.3 is 4.57 Å². The third-order valence-corrected chi connectivity index (χ3v) is 12.0. The Labute approximate surface area is 340 Å². The Morgan fingerprint density at radius 3 is 1.44 bits per heavy atom. The Balaban J connectivity index is 1.50. The molecule has 59 heavy (non-hydrogen) atoms. The second-order valence-electron chi connectivity index (χ2n) is 15.6. The molecule has 0 aliphatic heterocycles. The molecule has 0 N–H and O–H groups in total. The van der Waals surface area contributed by atoms with Crippen LogP contribution in [0.3, 0.4) is 0 Å². The lowest BCUT2D eigenvalue weighted by Gasteiger charge is -2.30. The minimum Gasteiger partial charge on any atom is -0.318 e. The molecule has 0 atom stereocenters. The summed E-state index contributed by atoms with van der Waals surface area (Å²) in [7, 11) is 0. The second kappa shape index (κ2) is 13.9. The van der Waals surface area contributed by atoms with Gasteiger partial charge in [0.15, 0.2) is 0 Å². The molecule has 7 aromatic carbocycles. The summed E-state index contributed by atoms with van der Waals surface area (Å²) in [6.07, 6.45) is -1.81. The van der Waals surface area contributed by atoms with Crippen LogP contribution in [0.1, 0.15) is 45.4 Å². The molecule has 0 spiro atoms. The number of nitriles is 1. The van der Waals surface area contributed by atoms with Gasteiger partial charge in [-0.05, 0) is 74.2 Å². The van der Waals surface area contributed by atoms with Crippen molar-refractivity contribution in [1.29, 1.82) is 5.26 Å². The van der Waals surface area contributed by atoms with E-state index in [9.17, 15) is 5.26 Å². The average Bonchev–Trinajstić information content (AvgIpc) is 3.64. The molecule has 0 saturated carbocycles. The molecule has 8 heteroatoms. The zero-order chi connectivity index (χ0) is 41.4. The Morgan fingerprint density at radius 2 is 1.02 bits per heavy atom. The first-order chi connectivity index (χ1) is 28.4. The fourth-order valence-corrected chi connectivity index (χ4v) is 9.55. The van der Waals surface area contributed by atoms with Gasteiger partial charge in [-0.15, -0.1) is 0 Å². The standard InChI is InChI=1S/C51H36BF4N3/c1-30-14-12-15-31(2)45(30)52(46-32(3)16-13-17-33(46)4)47-44-43(50(53,54)29-51(44,55)56)40(28-57)49(48(47)58-5)59-41-24-22-36(34-18-8-6-9-19-34)26-38(41)39-27-37(23-25-42(39)59)35-20-10-7-11-21-35/h6-27H,29H2,1-4H3. The van der Waals surface area contributed by atoms with Crippen LogP contribution in [0.25, 0.3) is 54.6 Å². The lowest BCUT2D eigenvalue weighted by atomic mass is 9.33. The van der Waals surface area contributed by atoms with Crippen LogP contribution in [0, 0.1) is 45.6 Å². The zero-order valence-electron chi connectivity index (χ0n) is 32.8. The number of benzene rings is 7. The molecule has 1 aromatic heterocycles. The maximum atomic E-state index is 16.8. The van der Waals surface area contributed by atoms with Crippen LogP contribution in [-0.4, -0.2) is 11.3 Å². The van der Waals surface area contributed by atoms with Gasteiger partial charge in [-0.2, -0.15) is 5.26 Å². The van der Waals surface area contributed by atoms with E-state index in [1.165, 1.54) is 0 Å². The van der Waals surface area contributed by atoms with Gasteiger partial charge in [0.25, 0.3) is 11.8 Å². The number of fused-ring (bicyclic) bond motifs is 4. The molecule has 0 amide bonds. The van der Waals surface area contributed by atoms with Crippen molar-refractivity contribution in [1.82, 2.24) is 4.57 Å². The number of alkyl halides is 4. The minimum absolute atomic E-state index is 0.129. The molecule has 3 nitrogen and oxygen atoms in total. The molecule has 8 aromatic rings. The van der Waals surface area contributed by atoms with E-state index in [4.69, 9.17) is 6.57 Å². The summed E-state index contributed by atoms with van der Waals surface area (Å²) in [5.41, 5.74) is 6.02. The summed E-state index contributed by atoms with van der Waals surface area (Å²) in [5, 5.41) is 12.5. The number of halogens is 4. The molecule has 1 aliphatic rings. The molecule has 0 saturated heterocycles. The topological polar surface area (TPSA) is 33.1 Å². The van der Waals surface area contributed by atoms with E-state index in [0.717, 1.165) is 55.3 Å². The lowest BCUT2D eigenvalue weighted by molar-refractivity contribution is -0.0922. The SMILES string of the molecule is [C-]#[N+]c1c(B(c2c(C)cccc2C)c2c(C)cccc2C)c2c(c(C#N)c1-n1c3ccc(-c4ccccc4)cc3c3cc(-c4ccccc4)ccc31)C(F)(F)CC2(F)F. The first-order valence-corrected chi connectivity index (χ1v) is 19.5. The van der Waals surface area contributed by atoms with Crippen molar-refractivity contribution in [2.75, 3.05) is 0 Å². The van der Waals surface area contributed by atoms with E-state index < -0.39 is 41.7 Å². The average molecular weight is 778 g/mol. The fourth-order valence-electron chi connectivity index (χ4n) is 9.55. The number of hydrogen-bond acceptors (Lipinski definition) is 1. The Morgan fingerprint density at radius 1 is 0.576 bits per heavy atom. The van der Waals surface area contributed by atoms with Gasteiger partial charge in [0.1, 0.15) is 6.07 Å². The molecule has 286 valence electrons. The lowest BCUT2D eigenvalue weighted by Crippen LogP contribution is -2.57. The summed E-state index contributed by atoms with van der Waals surface area (Å²) in [5.74, 6) is -8.14. The number of hydrogen-bond donors (Lipinski definition) is 0. The van der Waals surface area contributed by atoms with E-state index >= 15 is 17.6 Å². The van der Waals surface area contributed by atoms with Gasteiger partial charge in [0.05, 0.1) is 35.3 Å². The van der Waals surface area contributed by atoms with Crippen LogP contribution in [0.15, 0.2) is 133 Å². The van der Waals surface area contributed by atoms with Crippen molar-refractivity contribution in [3.8, 4) is 34.0 Å². The van der Waals surface area contributed by atoms with Crippen LogP contribution in [-0.2, 0) is 11.8 Å². The molecule has 1 heterocycles. The Bertz CT molecular complexity index is 2910. The Kier molecular flexibility index (Phi) is 8.87. The van der Waals surface area contributed by atoms with Crippen LogP contribution in [0.2, 0.25) is 0 Å². The van der Waals surface area contributed by atoms with E-state index in [1.807, 2.05) is 167 Å². The highest BCUT2D eigenvalue weighted by atomic mass is 19.3. The van der Waals surface area contributed by atoms with Crippen molar-refractivity contribution < 1.29 is 17.6 Å². The van der Waals surface area contributed by atoms with Gasteiger partial charge in [0, 0.05) is 21.9 Å². The number of nitrogens with zero attached hydrogens (tertiary/aromatic N) is 3. The monoisotopic (exact) mass is 777 g/mol. The second-order valence-corrected chi connectivity index (χ2v) is 15.6. The summed E-state index contributed by atoms with van der Waals surface area (Å²) < 4.78 is 68.7. The maximum absolute atomic E-state index is 16.8. The molecular formula is C51H36BF4N3. The molecule has 0 radical (unpaired) electrons. The summed E-state index contributed by atoms with van der Waals surface area (Å²) in [6, 6.07) is 44.5. The minimum atomic E-state index is -4.08. The van der Waals surface area contributed by atoms with Crippen molar-refractivity contribution in [3.05, 3.63) is 184 Å². The number of aryl methyl sites for hydroxylation is 4. The summed E-state index contributed by atoms with van der Waals surface area (Å²) in [4.78, 5) is 4.06. The van der Waals surface area contributed by atoms with Crippen LogP contribution >= 0.6 is 0 Å². The van der Waals surface area contributed by atoms with E-state index in [-0.39, 0.29) is 16.8 Å². The third-order valence-electron chi connectivity index (χ3n) is 12.0. The van der Waals surface area contributed by atoms with Crippen molar-refractivity contribution in [3.63, 3.8) is 0 Å². The van der Waals surface area contributed by atoms with Gasteiger partial charge in [0.2, 0.25) is 12.4 Å². The van der Waals surface area contributed by atoms with Crippen molar-refractivity contribution in [2.24, 2.45) is 0 Å². The molecule has 9 rings (SSSR count). The Hall–Kier alpha value is -6.90. The molecule has 0 fully saturated rings. The van der Waals surface area contributed by atoms with Gasteiger partial charge in [-0.1, -0.05) is 148 Å². The third kappa shape index (κ3) is 5.85. The highest BCUT2D eigenvalue weighted by Crippen LogP contribution is 2.57. The van der Waals surface area contributed by atoms with Crippen LogP contribution in [0.4, 0.5) is 23.2 Å². The van der Waals surface area contributed by atoms with E-state index in [2.05, 4.69) is 4.85 Å². The quantitative estimate of drug-likeness (QED) is 0.0940. The largest absolute Gasteiger partial charge is 0.318 e. The van der Waals surface area contributed by atoms with Crippen molar-refractivity contribution >= 4 is 50.6 Å². The zero-order valence-corrected chi connectivity index (χ0v) is 32.8. The van der Waals surface area contributed by atoms with Gasteiger partial charge in [-0.25, -0.2) is 22.4 Å². The first kappa shape index (κ1) is 37.7. The fraction of sp³-hybridized carbons (Fsp3) is 0.137. The van der Waals surface area contributed by atoms with E-state index in [0.29, 0.717) is 22.0 Å². The molecular weight excluding hydrogens is 741 g/mol. The highest BCUT2D eigenvalue weighted by Gasteiger charge is 2.60. The van der Waals surface area contributed by atoms with Crippen LogP contribution < -0.4 is 16.4 Å². The molecule has 0 bridgehead atoms. The predicted molar refractivity (Wildman–Crippen MR) is 232 cm³/mol. The van der Waals surface area contributed by atoms with Crippen molar-refractivity contribution in [2.45, 2.75) is 46.0 Å².